The van der Waals surface area contributed by atoms with E-state index in [4.69, 9.17) is 0 Å². The van der Waals surface area contributed by atoms with Crippen molar-refractivity contribution in [3.05, 3.63) is 28.5 Å². The van der Waals surface area contributed by atoms with Crippen LogP contribution in [0.3, 0.4) is 0 Å². The first-order valence-corrected chi connectivity index (χ1v) is 4.88. The lowest BCUT2D eigenvalue weighted by Gasteiger charge is -2.12. The van der Waals surface area contributed by atoms with Gasteiger partial charge in [0.15, 0.2) is 0 Å². The molecule has 1 N–H and O–H groups in total. The Hall–Kier alpha value is -0.410. The molecule has 1 heterocycles. The smallest absolute Gasteiger partial charge is 0.106 e. The molecular weight excluding hydrogens is 216 g/mol. The van der Waals surface area contributed by atoms with Crippen LogP contribution in [0.1, 0.15) is 18.5 Å². The Labute approximate surface area is 80.5 Å². The van der Waals surface area contributed by atoms with E-state index in [0.29, 0.717) is 0 Å². The van der Waals surface area contributed by atoms with E-state index >= 15 is 0 Å². The summed E-state index contributed by atoms with van der Waals surface area (Å²) in [5, 5.41) is 3.31. The van der Waals surface area contributed by atoms with Gasteiger partial charge >= 0.3 is 0 Å². The van der Waals surface area contributed by atoms with Crippen LogP contribution in [0.5, 0.6) is 0 Å². The molecule has 12 heavy (non-hydrogen) atoms. The summed E-state index contributed by atoms with van der Waals surface area (Å²) in [4.78, 5) is 4.43. The molecule has 1 aliphatic carbocycles. The van der Waals surface area contributed by atoms with Crippen LogP contribution in [0.15, 0.2) is 22.8 Å². The number of aromatic nitrogens is 1. The summed E-state index contributed by atoms with van der Waals surface area (Å²) in [6.07, 6.45) is 2.40. The number of nitrogens with zero attached hydrogens (tertiary/aromatic N) is 1. The average Bonchev–Trinajstić information content (AvgIpc) is 2.84. The molecule has 0 bridgehead atoms. The first-order chi connectivity index (χ1) is 5.77. The highest BCUT2D eigenvalue weighted by molar-refractivity contribution is 9.10. The number of pyridine rings is 1. The third-order valence-corrected chi connectivity index (χ3v) is 2.88. The molecule has 1 aliphatic rings. The average molecular weight is 227 g/mol. The molecule has 0 spiro atoms. The number of nitrogens with one attached hydrogen (secondary N) is 1. The van der Waals surface area contributed by atoms with Crippen LogP contribution < -0.4 is 5.32 Å². The molecular formula is C9H11BrN2. The van der Waals surface area contributed by atoms with Crippen LogP contribution in [0, 0.1) is 0 Å². The van der Waals surface area contributed by atoms with Crippen LogP contribution in [0.4, 0.5) is 0 Å². The van der Waals surface area contributed by atoms with E-state index < -0.39 is 0 Å². The lowest BCUT2D eigenvalue weighted by atomic mass is 10.1. The van der Waals surface area contributed by atoms with Gasteiger partial charge in [0.1, 0.15) is 4.60 Å². The van der Waals surface area contributed by atoms with E-state index in [1.165, 1.54) is 12.8 Å². The second-order valence-corrected chi connectivity index (χ2v) is 3.99. The Balaban J connectivity index is 2.34. The first-order valence-electron chi connectivity index (χ1n) is 4.09. The lowest BCUT2D eigenvalue weighted by Crippen LogP contribution is -2.25. The highest BCUT2D eigenvalue weighted by Crippen LogP contribution is 2.44. The maximum absolute atomic E-state index is 4.43. The van der Waals surface area contributed by atoms with Gasteiger partial charge in [-0.15, -0.1) is 0 Å². The summed E-state index contributed by atoms with van der Waals surface area (Å²) < 4.78 is 0.918. The molecule has 3 heteroatoms. The molecule has 64 valence electrons. The Bertz CT molecular complexity index is 294. The van der Waals surface area contributed by atoms with Crippen molar-refractivity contribution in [2.45, 2.75) is 18.4 Å². The van der Waals surface area contributed by atoms with Gasteiger partial charge in [0.2, 0.25) is 0 Å². The molecule has 0 unspecified atom stereocenters. The zero-order chi connectivity index (χ0) is 8.60. The van der Waals surface area contributed by atoms with Crippen LogP contribution in [-0.2, 0) is 5.54 Å². The van der Waals surface area contributed by atoms with Crippen molar-refractivity contribution in [2.24, 2.45) is 0 Å². The third-order valence-electron chi connectivity index (χ3n) is 2.43. The summed E-state index contributed by atoms with van der Waals surface area (Å²) in [6.45, 7) is 0. The zero-order valence-corrected chi connectivity index (χ0v) is 8.56. The maximum Gasteiger partial charge on any atom is 0.106 e. The van der Waals surface area contributed by atoms with Gasteiger partial charge in [-0.25, -0.2) is 4.98 Å². The van der Waals surface area contributed by atoms with Gasteiger partial charge < -0.3 is 5.32 Å². The monoisotopic (exact) mass is 226 g/mol. The number of halogens is 1. The van der Waals surface area contributed by atoms with Crippen LogP contribution >= 0.6 is 15.9 Å². The van der Waals surface area contributed by atoms with Gasteiger partial charge in [-0.05, 0) is 48.0 Å². The molecule has 1 fully saturated rings. The SMILES string of the molecule is CNC1(c2cccc(Br)n2)CC1. The van der Waals surface area contributed by atoms with Crippen molar-refractivity contribution in [1.29, 1.82) is 0 Å². The highest BCUT2D eigenvalue weighted by Gasteiger charge is 2.44. The van der Waals surface area contributed by atoms with Gasteiger partial charge in [0.05, 0.1) is 11.2 Å². The first kappa shape index (κ1) is 8.20. The summed E-state index contributed by atoms with van der Waals surface area (Å²) in [5.41, 5.74) is 1.34. The van der Waals surface area contributed by atoms with E-state index in [0.717, 1.165) is 10.3 Å². The number of hydrogen-bond donors (Lipinski definition) is 1. The van der Waals surface area contributed by atoms with E-state index in [-0.39, 0.29) is 5.54 Å². The van der Waals surface area contributed by atoms with Crippen molar-refractivity contribution in [2.75, 3.05) is 7.05 Å². The molecule has 0 atom stereocenters. The fourth-order valence-corrected chi connectivity index (χ4v) is 1.78. The second-order valence-electron chi connectivity index (χ2n) is 3.18. The summed E-state index contributed by atoms with van der Waals surface area (Å²) >= 11 is 3.37. The quantitative estimate of drug-likeness (QED) is 0.782. The minimum Gasteiger partial charge on any atom is -0.309 e. The molecule has 2 nitrogen and oxygen atoms in total. The van der Waals surface area contributed by atoms with Crippen molar-refractivity contribution in [3.8, 4) is 0 Å². The van der Waals surface area contributed by atoms with Crippen molar-refractivity contribution in [3.63, 3.8) is 0 Å². The highest BCUT2D eigenvalue weighted by atomic mass is 79.9. The summed E-state index contributed by atoms with van der Waals surface area (Å²) in [7, 11) is 2.00. The van der Waals surface area contributed by atoms with Crippen LogP contribution in [0.2, 0.25) is 0 Å². The van der Waals surface area contributed by atoms with Gasteiger partial charge in [0.25, 0.3) is 0 Å². The van der Waals surface area contributed by atoms with Crippen molar-refractivity contribution in [1.82, 2.24) is 10.3 Å². The molecule has 0 aliphatic heterocycles. The number of hydrogen-bond acceptors (Lipinski definition) is 2. The molecule has 1 saturated carbocycles. The predicted octanol–water partition coefficient (Wildman–Crippen LogP) is 2.05. The predicted molar refractivity (Wildman–Crippen MR) is 51.9 cm³/mol. The van der Waals surface area contributed by atoms with E-state index in [2.05, 4.69) is 32.3 Å². The standard InChI is InChI=1S/C9H11BrN2/c1-11-9(5-6-9)7-3-2-4-8(10)12-7/h2-4,11H,5-6H2,1H3. The second kappa shape index (κ2) is 2.82. The molecule has 1 aromatic heterocycles. The molecule has 0 amide bonds. The van der Waals surface area contributed by atoms with E-state index in [9.17, 15) is 0 Å². The van der Waals surface area contributed by atoms with Gasteiger partial charge in [-0.2, -0.15) is 0 Å². The largest absolute Gasteiger partial charge is 0.309 e. The Morgan fingerprint density at radius 1 is 1.50 bits per heavy atom. The normalized spacial score (nSPS) is 19.2. The maximum atomic E-state index is 4.43. The number of rotatable bonds is 2. The summed E-state index contributed by atoms with van der Waals surface area (Å²) in [6, 6.07) is 6.06. The fourth-order valence-electron chi connectivity index (χ4n) is 1.43. The van der Waals surface area contributed by atoms with Crippen molar-refractivity contribution < 1.29 is 0 Å². The minimum atomic E-state index is 0.184. The molecule has 2 rings (SSSR count). The molecule has 1 aromatic rings. The lowest BCUT2D eigenvalue weighted by molar-refractivity contribution is 0.566. The molecule has 0 saturated heterocycles. The minimum absolute atomic E-state index is 0.184. The Kier molecular flexibility index (Phi) is 1.93. The molecule has 0 aromatic carbocycles. The van der Waals surface area contributed by atoms with Crippen LogP contribution in [-0.4, -0.2) is 12.0 Å². The Morgan fingerprint density at radius 3 is 2.75 bits per heavy atom. The Morgan fingerprint density at radius 2 is 2.25 bits per heavy atom. The topological polar surface area (TPSA) is 24.9 Å². The van der Waals surface area contributed by atoms with E-state index in [1.807, 2.05) is 19.2 Å². The molecule has 0 radical (unpaired) electrons. The fraction of sp³-hybridized carbons (Fsp3) is 0.444. The van der Waals surface area contributed by atoms with Gasteiger partial charge in [0, 0.05) is 0 Å². The zero-order valence-electron chi connectivity index (χ0n) is 6.97. The van der Waals surface area contributed by atoms with Gasteiger partial charge in [-0.1, -0.05) is 6.07 Å². The third kappa shape index (κ3) is 1.27. The van der Waals surface area contributed by atoms with E-state index in [1.54, 1.807) is 0 Å². The van der Waals surface area contributed by atoms with Crippen LogP contribution in [0.25, 0.3) is 0 Å². The summed E-state index contributed by atoms with van der Waals surface area (Å²) in [5.74, 6) is 0. The van der Waals surface area contributed by atoms with Crippen molar-refractivity contribution >= 4 is 15.9 Å². The van der Waals surface area contributed by atoms with Gasteiger partial charge in [-0.3, -0.25) is 0 Å².